The molecule has 0 saturated heterocycles. The van der Waals surface area contributed by atoms with Gasteiger partial charge in [-0.1, -0.05) is 6.07 Å². The molecule has 0 fully saturated rings. The minimum atomic E-state index is -1.78. The third-order valence-electron chi connectivity index (χ3n) is 4.71. The van der Waals surface area contributed by atoms with E-state index in [0.717, 1.165) is 23.4 Å². The first-order chi connectivity index (χ1) is 12.9. The molecular weight excluding hydrogens is 354 g/mol. The van der Waals surface area contributed by atoms with Crippen LogP contribution in [0.5, 0.6) is 0 Å². The van der Waals surface area contributed by atoms with E-state index < -0.39 is 23.4 Å². The number of hydrogen-bond donors (Lipinski definition) is 3. The molecule has 9 heteroatoms. The zero-order chi connectivity index (χ0) is 19.2. The van der Waals surface area contributed by atoms with Crippen molar-refractivity contribution >= 4 is 11.4 Å². The molecule has 0 amide bonds. The molecule has 0 radical (unpaired) electrons. The number of fused-ring (bicyclic) bond motifs is 1. The molecule has 2 atom stereocenters. The van der Waals surface area contributed by atoms with Crippen LogP contribution >= 0.6 is 0 Å². The number of nitrogen functional groups attached to an aromatic ring is 1. The number of hydrazine groups is 1. The summed E-state index contributed by atoms with van der Waals surface area (Å²) in [4.78, 5) is 3.94. The van der Waals surface area contributed by atoms with Crippen molar-refractivity contribution in [2.75, 3.05) is 10.7 Å². The summed E-state index contributed by atoms with van der Waals surface area (Å²) in [7, 11) is 0. The van der Waals surface area contributed by atoms with E-state index >= 15 is 0 Å². The standard InChI is InChI=1S/C18H18F2N6O/c1-18(27,14-4-2-12(19)7-15(14)20)17(25-10-22-9-24-25)26-16-5-3-13(21)6-11(16)8-23-26/h2-7,9-10,17,23,27H,8,21H2,1H3. The molecule has 1 aliphatic rings. The van der Waals surface area contributed by atoms with Crippen molar-refractivity contribution in [2.45, 2.75) is 25.2 Å². The Kier molecular flexibility index (Phi) is 4.05. The van der Waals surface area contributed by atoms with Crippen LogP contribution in [0.3, 0.4) is 0 Å². The molecule has 140 valence electrons. The summed E-state index contributed by atoms with van der Waals surface area (Å²) in [6, 6.07) is 8.46. The number of hydrogen-bond acceptors (Lipinski definition) is 6. The molecule has 0 aliphatic carbocycles. The number of nitrogens with zero attached hydrogens (tertiary/aromatic N) is 4. The van der Waals surface area contributed by atoms with Crippen molar-refractivity contribution in [1.82, 2.24) is 20.2 Å². The maximum Gasteiger partial charge on any atom is 0.171 e. The van der Waals surface area contributed by atoms with Gasteiger partial charge in [-0.3, -0.25) is 5.01 Å². The van der Waals surface area contributed by atoms with Crippen molar-refractivity contribution in [3.05, 3.63) is 71.8 Å². The summed E-state index contributed by atoms with van der Waals surface area (Å²) in [5.41, 5.74) is 9.50. The molecule has 0 bridgehead atoms. The Balaban J connectivity index is 1.84. The number of nitrogens with two attached hydrogens (primary N) is 1. The SMILES string of the molecule is CC(O)(c1ccc(F)cc1F)C(N1NCc2cc(N)ccc21)n1cncn1. The normalized spacial score (nSPS) is 16.8. The molecule has 1 aromatic heterocycles. The van der Waals surface area contributed by atoms with Gasteiger partial charge in [-0.15, -0.1) is 0 Å². The largest absolute Gasteiger partial charge is 0.399 e. The summed E-state index contributed by atoms with van der Waals surface area (Å²) >= 11 is 0. The summed E-state index contributed by atoms with van der Waals surface area (Å²) in [5.74, 6) is -1.56. The zero-order valence-corrected chi connectivity index (χ0v) is 14.5. The first-order valence-electron chi connectivity index (χ1n) is 8.31. The predicted molar refractivity (Wildman–Crippen MR) is 95.2 cm³/mol. The first-order valence-corrected chi connectivity index (χ1v) is 8.31. The summed E-state index contributed by atoms with van der Waals surface area (Å²) in [5, 5.41) is 17.2. The van der Waals surface area contributed by atoms with Gasteiger partial charge in [0.25, 0.3) is 0 Å². The lowest BCUT2D eigenvalue weighted by Crippen LogP contribution is -2.50. The second-order valence-corrected chi connectivity index (χ2v) is 6.61. The highest BCUT2D eigenvalue weighted by atomic mass is 19.1. The molecular formula is C18H18F2N6O. The van der Waals surface area contributed by atoms with Crippen LogP contribution in [-0.2, 0) is 12.1 Å². The van der Waals surface area contributed by atoms with Crippen molar-refractivity contribution in [3.63, 3.8) is 0 Å². The van der Waals surface area contributed by atoms with Gasteiger partial charge in [0, 0.05) is 23.9 Å². The second kappa shape index (κ2) is 6.29. The zero-order valence-electron chi connectivity index (χ0n) is 14.5. The quantitative estimate of drug-likeness (QED) is 0.607. The summed E-state index contributed by atoms with van der Waals surface area (Å²) < 4.78 is 29.3. The van der Waals surface area contributed by atoms with E-state index in [1.54, 1.807) is 11.1 Å². The fraction of sp³-hybridized carbons (Fsp3) is 0.222. The van der Waals surface area contributed by atoms with Gasteiger partial charge >= 0.3 is 0 Å². The van der Waals surface area contributed by atoms with Crippen LogP contribution in [-0.4, -0.2) is 19.9 Å². The average molecular weight is 372 g/mol. The summed E-state index contributed by atoms with van der Waals surface area (Å²) in [6.45, 7) is 1.93. The lowest BCUT2D eigenvalue weighted by molar-refractivity contribution is -0.0124. The molecule has 0 saturated carbocycles. The molecule has 2 unspecified atom stereocenters. The van der Waals surface area contributed by atoms with E-state index in [9.17, 15) is 13.9 Å². The van der Waals surface area contributed by atoms with Crippen molar-refractivity contribution in [3.8, 4) is 0 Å². The van der Waals surface area contributed by atoms with E-state index in [4.69, 9.17) is 5.73 Å². The highest BCUT2D eigenvalue weighted by Gasteiger charge is 2.44. The first kappa shape index (κ1) is 17.4. The predicted octanol–water partition coefficient (Wildman–Crippen LogP) is 2.07. The van der Waals surface area contributed by atoms with E-state index in [-0.39, 0.29) is 5.56 Å². The molecule has 4 N–H and O–H groups in total. The minimum Gasteiger partial charge on any atom is -0.399 e. The van der Waals surface area contributed by atoms with Crippen molar-refractivity contribution in [1.29, 1.82) is 0 Å². The number of aromatic nitrogens is 3. The number of anilines is 2. The fourth-order valence-electron chi connectivity index (χ4n) is 3.47. The highest BCUT2D eigenvalue weighted by molar-refractivity contribution is 5.62. The van der Waals surface area contributed by atoms with Gasteiger partial charge in [-0.05, 0) is 36.8 Å². The van der Waals surface area contributed by atoms with Crippen LogP contribution in [0.2, 0.25) is 0 Å². The number of nitrogens with one attached hydrogen (secondary N) is 1. The molecule has 27 heavy (non-hydrogen) atoms. The topological polar surface area (TPSA) is 92.2 Å². The molecule has 1 aliphatic heterocycles. The Morgan fingerprint density at radius 1 is 1.26 bits per heavy atom. The Labute approximate surface area is 154 Å². The Morgan fingerprint density at radius 3 is 2.78 bits per heavy atom. The fourth-order valence-corrected chi connectivity index (χ4v) is 3.47. The molecule has 7 nitrogen and oxygen atoms in total. The lowest BCUT2D eigenvalue weighted by atomic mass is 9.91. The number of aliphatic hydroxyl groups is 1. The van der Waals surface area contributed by atoms with Crippen LogP contribution < -0.4 is 16.2 Å². The Bertz CT molecular complexity index is 976. The molecule has 3 aromatic rings. The third kappa shape index (κ3) is 2.90. The smallest absolute Gasteiger partial charge is 0.171 e. The number of rotatable bonds is 4. The van der Waals surface area contributed by atoms with E-state index in [2.05, 4.69) is 15.5 Å². The van der Waals surface area contributed by atoms with Gasteiger partial charge in [0.05, 0.1) is 5.69 Å². The van der Waals surface area contributed by atoms with Crippen LogP contribution in [0.25, 0.3) is 0 Å². The molecule has 2 aromatic carbocycles. The third-order valence-corrected chi connectivity index (χ3v) is 4.71. The van der Waals surface area contributed by atoms with Gasteiger partial charge in [0.1, 0.15) is 29.9 Å². The minimum absolute atomic E-state index is 0.0601. The molecule has 0 spiro atoms. The van der Waals surface area contributed by atoms with E-state index in [0.29, 0.717) is 12.2 Å². The van der Waals surface area contributed by atoms with Gasteiger partial charge < -0.3 is 10.8 Å². The van der Waals surface area contributed by atoms with Gasteiger partial charge in [0.15, 0.2) is 6.17 Å². The maximum atomic E-state index is 14.5. The highest BCUT2D eigenvalue weighted by Crippen LogP contribution is 2.41. The lowest BCUT2D eigenvalue weighted by Gasteiger charge is -2.40. The van der Waals surface area contributed by atoms with Crippen LogP contribution in [0.15, 0.2) is 49.1 Å². The molecule has 2 heterocycles. The number of benzene rings is 2. The van der Waals surface area contributed by atoms with E-state index in [1.807, 2.05) is 12.1 Å². The Morgan fingerprint density at radius 2 is 2.07 bits per heavy atom. The van der Waals surface area contributed by atoms with Gasteiger partial charge in [-0.2, -0.15) is 5.10 Å². The van der Waals surface area contributed by atoms with Crippen LogP contribution in [0.4, 0.5) is 20.2 Å². The van der Waals surface area contributed by atoms with Gasteiger partial charge in [0.2, 0.25) is 0 Å². The van der Waals surface area contributed by atoms with Crippen LogP contribution in [0.1, 0.15) is 24.2 Å². The van der Waals surface area contributed by atoms with Crippen molar-refractivity contribution < 1.29 is 13.9 Å². The molecule has 4 rings (SSSR count). The van der Waals surface area contributed by atoms with Crippen molar-refractivity contribution in [2.24, 2.45) is 0 Å². The summed E-state index contributed by atoms with van der Waals surface area (Å²) in [6.07, 6.45) is 1.85. The Hall–Kier alpha value is -3.04. The van der Waals surface area contributed by atoms with Crippen LogP contribution in [0, 0.1) is 11.6 Å². The maximum absolute atomic E-state index is 14.5. The van der Waals surface area contributed by atoms with Gasteiger partial charge in [-0.25, -0.2) is 23.9 Å². The number of halogens is 2. The monoisotopic (exact) mass is 372 g/mol. The van der Waals surface area contributed by atoms with E-state index in [1.165, 1.54) is 30.3 Å². The second-order valence-electron chi connectivity index (χ2n) is 6.61. The average Bonchev–Trinajstić information content (AvgIpc) is 3.25.